The third-order valence-electron chi connectivity index (χ3n) is 2.16. The Morgan fingerprint density at radius 3 is 2.88 bits per heavy atom. The lowest BCUT2D eigenvalue weighted by molar-refractivity contribution is 0.176. The summed E-state index contributed by atoms with van der Waals surface area (Å²) in [6.07, 6.45) is 1.41. The first kappa shape index (κ1) is 12.7. The van der Waals surface area contributed by atoms with Gasteiger partial charge in [-0.3, -0.25) is 0 Å². The lowest BCUT2D eigenvalue weighted by atomic mass is 10.2. The molecule has 0 fully saturated rings. The van der Waals surface area contributed by atoms with Crippen molar-refractivity contribution in [2.75, 3.05) is 19.0 Å². The first-order valence-electron chi connectivity index (χ1n) is 5.47. The van der Waals surface area contributed by atoms with Crippen molar-refractivity contribution in [3.63, 3.8) is 0 Å². The van der Waals surface area contributed by atoms with E-state index >= 15 is 0 Å². The van der Waals surface area contributed by atoms with Crippen LogP contribution in [0.2, 0.25) is 0 Å². The minimum atomic E-state index is -0.341. The van der Waals surface area contributed by atoms with Crippen molar-refractivity contribution in [3.05, 3.63) is 11.9 Å². The van der Waals surface area contributed by atoms with Gasteiger partial charge in [0, 0.05) is 12.6 Å². The van der Waals surface area contributed by atoms with Gasteiger partial charge >= 0.3 is 0 Å². The van der Waals surface area contributed by atoms with E-state index in [2.05, 4.69) is 15.3 Å². The highest BCUT2D eigenvalue weighted by atomic mass is 16.5. The first-order chi connectivity index (χ1) is 7.65. The Bertz CT molecular complexity index is 331. The maximum Gasteiger partial charge on any atom is 0.218 e. The maximum atomic E-state index is 9.57. The number of rotatable bonds is 6. The average Bonchev–Trinajstić information content (AvgIpc) is 2.26. The summed E-state index contributed by atoms with van der Waals surface area (Å²) >= 11 is 0. The molecule has 1 aromatic heterocycles. The van der Waals surface area contributed by atoms with Gasteiger partial charge in [0.05, 0.1) is 13.2 Å². The normalized spacial score (nSPS) is 12.2. The number of hydrogen-bond donors (Lipinski definition) is 2. The molecule has 0 radical (unpaired) electrons. The first-order valence-corrected chi connectivity index (χ1v) is 5.47. The molecule has 0 aliphatic rings. The number of aliphatic hydroxyl groups is 1. The van der Waals surface area contributed by atoms with Crippen molar-refractivity contribution >= 4 is 5.82 Å². The van der Waals surface area contributed by atoms with Gasteiger partial charge in [-0.15, -0.1) is 0 Å². The standard InChI is InChI=1S/C11H19N3O2/c1-4-5-9(15)7-12-10-6-11(16-3)14-8(2)13-10/h6,9,15H,4-5,7H2,1-3H3,(H,12,13,14). The quantitative estimate of drug-likeness (QED) is 0.765. The molecule has 5 nitrogen and oxygen atoms in total. The molecule has 0 saturated heterocycles. The van der Waals surface area contributed by atoms with E-state index in [1.54, 1.807) is 20.1 Å². The SMILES string of the molecule is CCCC(O)CNc1cc(OC)nc(C)n1. The number of aryl methyl sites for hydroxylation is 1. The van der Waals surface area contributed by atoms with Crippen LogP contribution in [0.5, 0.6) is 5.88 Å². The Kier molecular flexibility index (Phi) is 4.98. The summed E-state index contributed by atoms with van der Waals surface area (Å²) < 4.78 is 5.04. The summed E-state index contributed by atoms with van der Waals surface area (Å²) in [6, 6.07) is 1.71. The molecule has 0 aliphatic carbocycles. The Balaban J connectivity index is 2.56. The van der Waals surface area contributed by atoms with E-state index in [1.165, 1.54) is 0 Å². The fraction of sp³-hybridized carbons (Fsp3) is 0.636. The van der Waals surface area contributed by atoms with E-state index in [0.29, 0.717) is 24.1 Å². The van der Waals surface area contributed by atoms with Crippen LogP contribution < -0.4 is 10.1 Å². The molecule has 2 N–H and O–H groups in total. The molecule has 0 spiro atoms. The van der Waals surface area contributed by atoms with Crippen LogP contribution in [0, 0.1) is 6.92 Å². The van der Waals surface area contributed by atoms with Gasteiger partial charge in [0.1, 0.15) is 11.6 Å². The van der Waals surface area contributed by atoms with E-state index < -0.39 is 0 Å². The summed E-state index contributed by atoms with van der Waals surface area (Å²) in [5.74, 6) is 1.85. The molecule has 0 aliphatic heterocycles. The molecule has 0 aromatic carbocycles. The average molecular weight is 225 g/mol. The van der Waals surface area contributed by atoms with Crippen molar-refractivity contribution in [3.8, 4) is 5.88 Å². The van der Waals surface area contributed by atoms with Crippen LogP contribution >= 0.6 is 0 Å². The minimum Gasteiger partial charge on any atom is -0.481 e. The topological polar surface area (TPSA) is 67.3 Å². The van der Waals surface area contributed by atoms with Crippen LogP contribution in [0.1, 0.15) is 25.6 Å². The van der Waals surface area contributed by atoms with Gasteiger partial charge in [-0.05, 0) is 13.3 Å². The predicted molar refractivity (Wildman–Crippen MR) is 62.7 cm³/mol. The summed E-state index contributed by atoms with van der Waals surface area (Å²) in [4.78, 5) is 8.28. The highest BCUT2D eigenvalue weighted by Gasteiger charge is 2.05. The predicted octanol–water partition coefficient (Wildman–Crippen LogP) is 1.37. The zero-order valence-corrected chi connectivity index (χ0v) is 10.0. The second kappa shape index (κ2) is 6.27. The van der Waals surface area contributed by atoms with Crippen LogP contribution in [0.15, 0.2) is 6.07 Å². The summed E-state index contributed by atoms with van der Waals surface area (Å²) in [5, 5.41) is 12.6. The van der Waals surface area contributed by atoms with Gasteiger partial charge in [0.15, 0.2) is 0 Å². The number of nitrogens with zero attached hydrogens (tertiary/aromatic N) is 2. The maximum absolute atomic E-state index is 9.57. The van der Waals surface area contributed by atoms with Crippen molar-refractivity contribution in [1.82, 2.24) is 9.97 Å². The molecule has 0 bridgehead atoms. The number of aromatic nitrogens is 2. The van der Waals surface area contributed by atoms with Crippen molar-refractivity contribution < 1.29 is 9.84 Å². The van der Waals surface area contributed by atoms with E-state index in [1.807, 2.05) is 6.92 Å². The highest BCUT2D eigenvalue weighted by molar-refractivity contribution is 5.38. The third-order valence-corrected chi connectivity index (χ3v) is 2.16. The molecule has 1 unspecified atom stereocenters. The molecule has 1 rings (SSSR count). The summed E-state index contributed by atoms with van der Waals surface area (Å²) in [6.45, 7) is 4.34. The zero-order valence-electron chi connectivity index (χ0n) is 10.0. The Morgan fingerprint density at radius 1 is 1.50 bits per heavy atom. The largest absolute Gasteiger partial charge is 0.481 e. The highest BCUT2D eigenvalue weighted by Crippen LogP contribution is 2.12. The van der Waals surface area contributed by atoms with Crippen LogP contribution in [-0.4, -0.2) is 34.8 Å². The Hall–Kier alpha value is -1.36. The van der Waals surface area contributed by atoms with Crippen molar-refractivity contribution in [2.24, 2.45) is 0 Å². The molecule has 5 heteroatoms. The summed E-state index contributed by atoms with van der Waals surface area (Å²) in [7, 11) is 1.57. The molecular weight excluding hydrogens is 206 g/mol. The molecule has 0 saturated carbocycles. The second-order valence-corrected chi connectivity index (χ2v) is 3.67. The van der Waals surface area contributed by atoms with E-state index in [-0.39, 0.29) is 6.10 Å². The number of nitrogens with one attached hydrogen (secondary N) is 1. The van der Waals surface area contributed by atoms with Gasteiger partial charge < -0.3 is 15.2 Å². The van der Waals surface area contributed by atoms with E-state index in [9.17, 15) is 5.11 Å². The Labute approximate surface area is 95.9 Å². The molecule has 1 aromatic rings. The Morgan fingerprint density at radius 2 is 2.25 bits per heavy atom. The van der Waals surface area contributed by atoms with Gasteiger partial charge in [-0.2, -0.15) is 4.98 Å². The zero-order chi connectivity index (χ0) is 12.0. The molecule has 1 atom stereocenters. The molecule has 90 valence electrons. The smallest absolute Gasteiger partial charge is 0.218 e. The van der Waals surface area contributed by atoms with Gasteiger partial charge in [0.25, 0.3) is 0 Å². The number of anilines is 1. The summed E-state index contributed by atoms with van der Waals surface area (Å²) in [5.41, 5.74) is 0. The van der Waals surface area contributed by atoms with Crippen LogP contribution in [0.3, 0.4) is 0 Å². The van der Waals surface area contributed by atoms with Crippen molar-refractivity contribution in [2.45, 2.75) is 32.8 Å². The molecular formula is C11H19N3O2. The van der Waals surface area contributed by atoms with E-state index in [0.717, 1.165) is 12.8 Å². The van der Waals surface area contributed by atoms with Gasteiger partial charge in [-0.25, -0.2) is 4.98 Å². The third kappa shape index (κ3) is 4.02. The monoisotopic (exact) mass is 225 g/mol. The number of hydrogen-bond acceptors (Lipinski definition) is 5. The molecule has 1 heterocycles. The van der Waals surface area contributed by atoms with E-state index in [4.69, 9.17) is 4.74 Å². The fourth-order valence-electron chi connectivity index (χ4n) is 1.39. The number of ether oxygens (including phenoxy) is 1. The molecule has 0 amide bonds. The van der Waals surface area contributed by atoms with Gasteiger partial charge in [-0.1, -0.05) is 13.3 Å². The van der Waals surface area contributed by atoms with Crippen LogP contribution in [-0.2, 0) is 0 Å². The lowest BCUT2D eigenvalue weighted by Gasteiger charge is -2.11. The fourth-order valence-corrected chi connectivity index (χ4v) is 1.39. The number of methoxy groups -OCH3 is 1. The van der Waals surface area contributed by atoms with Gasteiger partial charge in [0.2, 0.25) is 5.88 Å². The van der Waals surface area contributed by atoms with Crippen molar-refractivity contribution in [1.29, 1.82) is 0 Å². The van der Waals surface area contributed by atoms with Crippen LogP contribution in [0.4, 0.5) is 5.82 Å². The lowest BCUT2D eigenvalue weighted by Crippen LogP contribution is -2.19. The molecule has 16 heavy (non-hydrogen) atoms. The second-order valence-electron chi connectivity index (χ2n) is 3.67. The minimum absolute atomic E-state index is 0.341. The number of aliphatic hydroxyl groups excluding tert-OH is 1. The van der Waals surface area contributed by atoms with Crippen LogP contribution in [0.25, 0.3) is 0 Å².